The third kappa shape index (κ3) is 8.37. The Hall–Kier alpha value is -0.860. The highest BCUT2D eigenvalue weighted by Crippen LogP contribution is 2.38. The molecular weight excluding hydrogens is 308 g/mol. The normalized spacial score (nSPS) is 13.6. The van der Waals surface area contributed by atoms with Crippen LogP contribution in [0.4, 0.5) is 0 Å². The molecule has 2 heteroatoms. The highest BCUT2D eigenvalue weighted by molar-refractivity contribution is 5.22. The fraction of sp³-hybridized carbons (Fsp3) is 0.739. The molecule has 0 amide bonds. The molecule has 0 saturated heterocycles. The van der Waals surface area contributed by atoms with Crippen molar-refractivity contribution in [3.63, 3.8) is 0 Å². The maximum absolute atomic E-state index is 6.34. The molecule has 0 aromatic heterocycles. The van der Waals surface area contributed by atoms with Gasteiger partial charge in [-0.3, -0.25) is 0 Å². The minimum Gasteiger partial charge on any atom is -0.347 e. The molecule has 1 aromatic rings. The molecule has 0 heterocycles. The Labute approximate surface area is 156 Å². The van der Waals surface area contributed by atoms with Crippen molar-refractivity contribution in [2.75, 3.05) is 0 Å². The second-order valence-corrected chi connectivity index (χ2v) is 7.87. The van der Waals surface area contributed by atoms with Crippen molar-refractivity contribution in [1.82, 2.24) is 0 Å². The Bertz CT molecular complexity index is 429. The van der Waals surface area contributed by atoms with E-state index in [2.05, 4.69) is 71.9 Å². The molecule has 0 spiro atoms. The van der Waals surface area contributed by atoms with Crippen molar-refractivity contribution in [3.05, 3.63) is 35.9 Å². The van der Waals surface area contributed by atoms with Crippen LogP contribution in [0.5, 0.6) is 0 Å². The van der Waals surface area contributed by atoms with E-state index in [1.807, 2.05) is 0 Å². The number of hydrogen-bond acceptors (Lipinski definition) is 2. The molecule has 0 N–H and O–H groups in total. The summed E-state index contributed by atoms with van der Waals surface area (Å²) in [5.74, 6) is -0.336. The van der Waals surface area contributed by atoms with E-state index in [0.717, 1.165) is 6.42 Å². The topological polar surface area (TPSA) is 18.5 Å². The van der Waals surface area contributed by atoms with Crippen LogP contribution in [0.25, 0.3) is 0 Å². The first-order chi connectivity index (χ1) is 11.9. The summed E-state index contributed by atoms with van der Waals surface area (Å²) in [6.07, 6.45) is 9.24. The molecule has 0 saturated carbocycles. The van der Waals surface area contributed by atoms with Crippen LogP contribution in [0.2, 0.25) is 0 Å². The molecule has 1 unspecified atom stereocenters. The van der Waals surface area contributed by atoms with Gasteiger partial charge in [-0.1, -0.05) is 75.8 Å². The first kappa shape index (κ1) is 22.2. The van der Waals surface area contributed by atoms with E-state index >= 15 is 0 Å². The molecule has 0 bridgehead atoms. The minimum absolute atomic E-state index is 0.138. The van der Waals surface area contributed by atoms with Gasteiger partial charge >= 0.3 is 0 Å². The number of hydrogen-bond donors (Lipinski definition) is 0. The van der Waals surface area contributed by atoms with Gasteiger partial charge in [0.2, 0.25) is 0 Å². The van der Waals surface area contributed by atoms with Crippen molar-refractivity contribution in [1.29, 1.82) is 0 Å². The van der Waals surface area contributed by atoms with Gasteiger partial charge in [0.15, 0.2) is 5.79 Å². The SMILES string of the molecule is CCCCCCCCC(c1ccccc1)C(C)(OC(C)C)OC(C)C. The first-order valence-electron chi connectivity index (χ1n) is 10.3. The highest BCUT2D eigenvalue weighted by atomic mass is 16.7. The predicted octanol–water partition coefficient (Wildman–Crippen LogP) is 7.09. The number of rotatable bonds is 13. The van der Waals surface area contributed by atoms with Gasteiger partial charge in [-0.15, -0.1) is 0 Å². The van der Waals surface area contributed by atoms with Crippen LogP contribution in [-0.4, -0.2) is 18.0 Å². The molecule has 144 valence electrons. The van der Waals surface area contributed by atoms with Crippen molar-refractivity contribution in [3.8, 4) is 0 Å². The smallest absolute Gasteiger partial charge is 0.172 e. The molecule has 1 aromatic carbocycles. The van der Waals surface area contributed by atoms with Gasteiger partial charge in [0.05, 0.1) is 12.2 Å². The third-order valence-electron chi connectivity index (χ3n) is 4.62. The monoisotopic (exact) mass is 348 g/mol. The van der Waals surface area contributed by atoms with E-state index in [1.165, 1.54) is 44.1 Å². The fourth-order valence-corrected chi connectivity index (χ4v) is 3.67. The van der Waals surface area contributed by atoms with Crippen LogP contribution >= 0.6 is 0 Å². The predicted molar refractivity (Wildman–Crippen MR) is 108 cm³/mol. The molecule has 0 aliphatic rings. The Morgan fingerprint density at radius 2 is 1.32 bits per heavy atom. The third-order valence-corrected chi connectivity index (χ3v) is 4.62. The number of benzene rings is 1. The zero-order chi connectivity index (χ0) is 18.7. The number of ether oxygens (including phenoxy) is 2. The second kappa shape index (κ2) is 11.7. The van der Waals surface area contributed by atoms with Gasteiger partial charge in [0.25, 0.3) is 0 Å². The first-order valence-corrected chi connectivity index (χ1v) is 10.3. The van der Waals surface area contributed by atoms with Gasteiger partial charge in [0, 0.05) is 5.92 Å². The Morgan fingerprint density at radius 3 is 1.84 bits per heavy atom. The van der Waals surface area contributed by atoms with Gasteiger partial charge in [-0.05, 0) is 46.6 Å². The Morgan fingerprint density at radius 1 is 0.800 bits per heavy atom. The quantitative estimate of drug-likeness (QED) is 0.280. The highest BCUT2D eigenvalue weighted by Gasteiger charge is 2.38. The van der Waals surface area contributed by atoms with E-state index in [4.69, 9.17) is 9.47 Å². The largest absolute Gasteiger partial charge is 0.347 e. The molecule has 0 aliphatic heterocycles. The van der Waals surface area contributed by atoms with Crippen LogP contribution in [-0.2, 0) is 9.47 Å². The second-order valence-electron chi connectivity index (χ2n) is 7.87. The molecule has 0 radical (unpaired) electrons. The summed E-state index contributed by atoms with van der Waals surface area (Å²) in [4.78, 5) is 0. The molecule has 1 atom stereocenters. The van der Waals surface area contributed by atoms with E-state index in [0.29, 0.717) is 0 Å². The Kier molecular flexibility index (Phi) is 10.4. The summed E-state index contributed by atoms with van der Waals surface area (Å²) in [6, 6.07) is 10.7. The molecule has 2 nitrogen and oxygen atoms in total. The lowest BCUT2D eigenvalue weighted by Gasteiger charge is -2.40. The van der Waals surface area contributed by atoms with Crippen LogP contribution in [0.3, 0.4) is 0 Å². The summed E-state index contributed by atoms with van der Waals surface area (Å²) in [7, 11) is 0. The van der Waals surface area contributed by atoms with Crippen LogP contribution < -0.4 is 0 Å². The molecule has 25 heavy (non-hydrogen) atoms. The van der Waals surface area contributed by atoms with E-state index < -0.39 is 5.79 Å². The maximum Gasteiger partial charge on any atom is 0.172 e. The van der Waals surface area contributed by atoms with Crippen molar-refractivity contribution in [2.24, 2.45) is 0 Å². The fourth-order valence-electron chi connectivity index (χ4n) is 3.67. The molecular formula is C23H40O2. The Balaban J connectivity index is 2.87. The van der Waals surface area contributed by atoms with E-state index in [9.17, 15) is 0 Å². The molecule has 0 aliphatic carbocycles. The summed E-state index contributed by atoms with van der Waals surface area (Å²) in [5.41, 5.74) is 1.32. The van der Waals surface area contributed by atoms with Gasteiger partial charge in [0.1, 0.15) is 0 Å². The van der Waals surface area contributed by atoms with E-state index in [1.54, 1.807) is 0 Å². The standard InChI is InChI=1S/C23H40O2/c1-7-8-9-10-11-15-18-22(21-16-13-12-14-17-21)23(6,24-19(2)3)25-20(4)5/h12-14,16-17,19-20,22H,7-11,15,18H2,1-6H3. The van der Waals surface area contributed by atoms with Crippen molar-refractivity contribution >= 4 is 0 Å². The average Bonchev–Trinajstić information content (AvgIpc) is 2.53. The maximum atomic E-state index is 6.34. The summed E-state index contributed by atoms with van der Waals surface area (Å²) in [6.45, 7) is 12.8. The zero-order valence-corrected chi connectivity index (χ0v) is 17.4. The summed E-state index contributed by atoms with van der Waals surface area (Å²) >= 11 is 0. The van der Waals surface area contributed by atoms with E-state index in [-0.39, 0.29) is 18.1 Å². The minimum atomic E-state index is -0.590. The summed E-state index contributed by atoms with van der Waals surface area (Å²) in [5, 5.41) is 0. The lowest BCUT2D eigenvalue weighted by molar-refractivity contribution is -0.271. The van der Waals surface area contributed by atoms with Crippen molar-refractivity contribution in [2.45, 2.75) is 110 Å². The number of unbranched alkanes of at least 4 members (excludes halogenated alkanes) is 5. The molecule has 0 fully saturated rings. The van der Waals surface area contributed by atoms with Crippen LogP contribution in [0.1, 0.15) is 98.0 Å². The summed E-state index contributed by atoms with van der Waals surface area (Å²) < 4.78 is 12.7. The van der Waals surface area contributed by atoms with Crippen LogP contribution in [0.15, 0.2) is 30.3 Å². The lowest BCUT2D eigenvalue weighted by atomic mass is 9.86. The van der Waals surface area contributed by atoms with Crippen LogP contribution in [0, 0.1) is 0 Å². The van der Waals surface area contributed by atoms with Gasteiger partial charge in [-0.25, -0.2) is 0 Å². The van der Waals surface area contributed by atoms with Gasteiger partial charge < -0.3 is 9.47 Å². The zero-order valence-electron chi connectivity index (χ0n) is 17.4. The lowest BCUT2D eigenvalue weighted by Crippen LogP contribution is -2.43. The van der Waals surface area contributed by atoms with Crippen molar-refractivity contribution < 1.29 is 9.47 Å². The molecule has 1 rings (SSSR count). The average molecular weight is 349 g/mol. The van der Waals surface area contributed by atoms with Gasteiger partial charge in [-0.2, -0.15) is 0 Å².